The van der Waals surface area contributed by atoms with E-state index in [-0.39, 0.29) is 18.4 Å². The second kappa shape index (κ2) is 6.70. The van der Waals surface area contributed by atoms with Crippen molar-refractivity contribution in [3.05, 3.63) is 41.5 Å². The number of likely N-dealkylation sites (tertiary alicyclic amines) is 1. The zero-order chi connectivity index (χ0) is 18.0. The molecule has 1 atom stereocenters. The van der Waals surface area contributed by atoms with Crippen LogP contribution in [0.15, 0.2) is 30.3 Å². The van der Waals surface area contributed by atoms with Gasteiger partial charge >= 0.3 is 5.97 Å². The van der Waals surface area contributed by atoms with Crippen LogP contribution in [0.3, 0.4) is 0 Å². The lowest BCUT2D eigenvalue weighted by Crippen LogP contribution is -2.34. The third-order valence-electron chi connectivity index (χ3n) is 4.81. The number of carbonyl (C=O) groups is 3. The van der Waals surface area contributed by atoms with Crippen LogP contribution in [0, 0.1) is 5.41 Å². The fourth-order valence-corrected chi connectivity index (χ4v) is 2.84. The maximum absolute atomic E-state index is 12.2. The number of rotatable bonds is 5. The fraction of sp³-hybridized carbons (Fsp3) is 0.421. The molecular formula is C19H22N2O4. The lowest BCUT2D eigenvalue weighted by molar-refractivity contribution is -0.147. The average Bonchev–Trinajstić information content (AvgIpc) is 3.31. The van der Waals surface area contributed by atoms with Gasteiger partial charge in [0, 0.05) is 30.8 Å². The number of hydrogen-bond donors (Lipinski definition) is 2. The van der Waals surface area contributed by atoms with Gasteiger partial charge in [0.1, 0.15) is 0 Å². The van der Waals surface area contributed by atoms with Crippen LogP contribution in [0.4, 0.5) is 0 Å². The van der Waals surface area contributed by atoms with Gasteiger partial charge in [-0.1, -0.05) is 12.1 Å². The minimum absolute atomic E-state index is 0.0703. The third-order valence-corrected chi connectivity index (χ3v) is 4.81. The molecule has 1 aromatic rings. The van der Waals surface area contributed by atoms with Crippen LogP contribution in [0.5, 0.6) is 0 Å². The Bertz CT molecular complexity index is 721. The van der Waals surface area contributed by atoms with Crippen molar-refractivity contribution >= 4 is 23.9 Å². The molecule has 2 N–H and O–H groups in total. The van der Waals surface area contributed by atoms with Gasteiger partial charge in [-0.2, -0.15) is 0 Å². The number of hydrogen-bond acceptors (Lipinski definition) is 3. The van der Waals surface area contributed by atoms with Crippen molar-refractivity contribution in [2.45, 2.75) is 32.2 Å². The Kier molecular flexibility index (Phi) is 4.61. The molecule has 0 spiro atoms. The van der Waals surface area contributed by atoms with E-state index in [0.717, 1.165) is 18.4 Å². The summed E-state index contributed by atoms with van der Waals surface area (Å²) in [5.41, 5.74) is 0.559. The van der Waals surface area contributed by atoms with E-state index in [1.165, 1.54) is 6.08 Å². The summed E-state index contributed by atoms with van der Waals surface area (Å²) in [6, 6.07) is 7.37. The average molecular weight is 342 g/mol. The Labute approximate surface area is 146 Å². The Balaban J connectivity index is 1.57. The largest absolute Gasteiger partial charge is 0.481 e. The number of amides is 2. The van der Waals surface area contributed by atoms with Gasteiger partial charge in [-0.25, -0.2) is 0 Å². The van der Waals surface area contributed by atoms with Crippen molar-refractivity contribution in [3.63, 3.8) is 0 Å². The molecule has 1 aliphatic carbocycles. The van der Waals surface area contributed by atoms with Gasteiger partial charge in [-0.15, -0.1) is 0 Å². The molecule has 1 saturated carbocycles. The number of carboxylic acid groups (broad SMARTS) is 1. The molecule has 25 heavy (non-hydrogen) atoms. The first-order valence-electron chi connectivity index (χ1n) is 8.49. The predicted molar refractivity (Wildman–Crippen MR) is 92.9 cm³/mol. The molecule has 1 aliphatic heterocycles. The molecule has 0 bridgehead atoms. The summed E-state index contributed by atoms with van der Waals surface area (Å²) in [5, 5.41) is 12.1. The predicted octanol–water partition coefficient (Wildman–Crippen LogP) is 1.92. The highest BCUT2D eigenvalue weighted by molar-refractivity contribution is 5.95. The minimum Gasteiger partial charge on any atom is -0.481 e. The Hall–Kier alpha value is -2.63. The normalized spacial score (nSPS) is 23.0. The van der Waals surface area contributed by atoms with Gasteiger partial charge in [-0.05, 0) is 50.0 Å². The second-order valence-electron chi connectivity index (χ2n) is 7.08. The molecule has 2 aliphatic rings. The molecule has 6 heteroatoms. The van der Waals surface area contributed by atoms with Crippen LogP contribution >= 0.6 is 0 Å². The first-order chi connectivity index (χ1) is 11.9. The van der Waals surface area contributed by atoms with Crippen LogP contribution in [-0.2, 0) is 9.59 Å². The lowest BCUT2D eigenvalue weighted by Gasteiger charge is -2.18. The molecule has 132 valence electrons. The number of nitrogens with one attached hydrogen (secondary N) is 1. The number of aliphatic carboxylic acids is 1. The summed E-state index contributed by atoms with van der Waals surface area (Å²) >= 11 is 0. The summed E-state index contributed by atoms with van der Waals surface area (Å²) in [5.74, 6) is -1.13. The Morgan fingerprint density at radius 3 is 2.48 bits per heavy atom. The van der Waals surface area contributed by atoms with Crippen LogP contribution in [0.1, 0.15) is 42.1 Å². The summed E-state index contributed by atoms with van der Waals surface area (Å²) in [4.78, 5) is 36.9. The zero-order valence-electron chi connectivity index (χ0n) is 14.2. The molecule has 0 radical (unpaired) electrons. The van der Waals surface area contributed by atoms with E-state index in [2.05, 4.69) is 5.32 Å². The molecule has 1 unspecified atom stereocenters. The van der Waals surface area contributed by atoms with E-state index in [1.54, 1.807) is 42.2 Å². The van der Waals surface area contributed by atoms with E-state index < -0.39 is 11.4 Å². The molecule has 2 amide bonds. The van der Waals surface area contributed by atoms with E-state index in [0.29, 0.717) is 24.6 Å². The maximum Gasteiger partial charge on any atom is 0.311 e. The molecule has 1 heterocycles. The second-order valence-corrected chi connectivity index (χ2v) is 7.08. The highest BCUT2D eigenvalue weighted by Gasteiger charge is 2.41. The quantitative estimate of drug-likeness (QED) is 0.801. The smallest absolute Gasteiger partial charge is 0.311 e. The number of carbonyl (C=O) groups excluding carboxylic acids is 2. The topological polar surface area (TPSA) is 86.7 Å². The summed E-state index contributed by atoms with van der Waals surface area (Å²) < 4.78 is 0. The van der Waals surface area contributed by atoms with Gasteiger partial charge < -0.3 is 15.3 Å². The first-order valence-corrected chi connectivity index (χ1v) is 8.49. The molecule has 2 fully saturated rings. The van der Waals surface area contributed by atoms with Crippen LogP contribution in [-0.4, -0.2) is 46.9 Å². The van der Waals surface area contributed by atoms with Gasteiger partial charge in [0.05, 0.1) is 5.41 Å². The van der Waals surface area contributed by atoms with Crippen molar-refractivity contribution in [2.75, 3.05) is 13.1 Å². The standard InChI is InChI=1S/C19H22N2O4/c1-19(18(24)25)10-11-21(12-19)16(22)9-4-13-2-5-14(6-3-13)17(23)20-15-7-8-15/h2-6,9,15H,7-8,10-12H2,1H3,(H,20,23)(H,24,25)/b9-4+. The molecular weight excluding hydrogens is 320 g/mol. The minimum atomic E-state index is -0.869. The molecule has 6 nitrogen and oxygen atoms in total. The maximum atomic E-state index is 12.2. The first kappa shape index (κ1) is 17.2. The summed E-state index contributed by atoms with van der Waals surface area (Å²) in [7, 11) is 0. The van der Waals surface area contributed by atoms with E-state index in [1.807, 2.05) is 0 Å². The molecule has 0 aromatic heterocycles. The van der Waals surface area contributed by atoms with Crippen LogP contribution in [0.25, 0.3) is 6.08 Å². The summed E-state index contributed by atoms with van der Waals surface area (Å²) in [6.45, 7) is 2.34. The Morgan fingerprint density at radius 1 is 1.24 bits per heavy atom. The van der Waals surface area contributed by atoms with Gasteiger partial charge in [0.25, 0.3) is 5.91 Å². The lowest BCUT2D eigenvalue weighted by atomic mass is 9.90. The molecule has 3 rings (SSSR count). The van der Waals surface area contributed by atoms with Crippen molar-refractivity contribution in [1.82, 2.24) is 10.2 Å². The fourth-order valence-electron chi connectivity index (χ4n) is 2.84. The van der Waals surface area contributed by atoms with Crippen molar-refractivity contribution in [3.8, 4) is 0 Å². The number of benzene rings is 1. The van der Waals surface area contributed by atoms with Gasteiger partial charge in [-0.3, -0.25) is 14.4 Å². The Morgan fingerprint density at radius 2 is 1.92 bits per heavy atom. The van der Waals surface area contributed by atoms with Crippen LogP contribution in [0.2, 0.25) is 0 Å². The highest BCUT2D eigenvalue weighted by Crippen LogP contribution is 2.30. The molecule has 1 saturated heterocycles. The monoisotopic (exact) mass is 342 g/mol. The molecule has 1 aromatic carbocycles. The van der Waals surface area contributed by atoms with Gasteiger partial charge in [0.15, 0.2) is 0 Å². The zero-order valence-corrected chi connectivity index (χ0v) is 14.2. The van der Waals surface area contributed by atoms with Gasteiger partial charge in [0.2, 0.25) is 5.91 Å². The van der Waals surface area contributed by atoms with E-state index >= 15 is 0 Å². The van der Waals surface area contributed by atoms with Crippen molar-refractivity contribution in [2.24, 2.45) is 5.41 Å². The van der Waals surface area contributed by atoms with Crippen molar-refractivity contribution < 1.29 is 19.5 Å². The van der Waals surface area contributed by atoms with Crippen LogP contribution < -0.4 is 5.32 Å². The third kappa shape index (κ3) is 4.07. The van der Waals surface area contributed by atoms with E-state index in [9.17, 15) is 19.5 Å². The summed E-state index contributed by atoms with van der Waals surface area (Å²) in [6.07, 6.45) is 5.69. The van der Waals surface area contributed by atoms with E-state index in [4.69, 9.17) is 0 Å². The SMILES string of the molecule is CC1(C(=O)O)CCN(C(=O)/C=C/c2ccc(C(=O)NC3CC3)cc2)C1. The highest BCUT2D eigenvalue weighted by atomic mass is 16.4. The van der Waals surface area contributed by atoms with Crippen molar-refractivity contribution in [1.29, 1.82) is 0 Å². The number of nitrogens with zero attached hydrogens (tertiary/aromatic N) is 1. The number of carboxylic acids is 1.